The number of aryl methyl sites for hydroxylation is 2. The third kappa shape index (κ3) is 7.85. The molecule has 0 radical (unpaired) electrons. The molecule has 0 aliphatic rings. The molecule has 0 saturated heterocycles. The number of nitrogens with one attached hydrogen (secondary N) is 2. The minimum Gasteiger partial charge on any atom is -0.338 e. The smallest absolute Gasteiger partial charge is 0.315 e. The highest BCUT2D eigenvalue weighted by atomic mass is 16.2. The van der Waals surface area contributed by atoms with Gasteiger partial charge in [0.05, 0.1) is 0 Å². The van der Waals surface area contributed by atoms with Crippen molar-refractivity contribution in [2.24, 2.45) is 0 Å². The Morgan fingerprint density at radius 1 is 1.08 bits per heavy atom. The first-order chi connectivity index (χ1) is 11.6. The van der Waals surface area contributed by atoms with Crippen LogP contribution in [0.3, 0.4) is 0 Å². The van der Waals surface area contributed by atoms with Gasteiger partial charge in [0.15, 0.2) is 0 Å². The van der Waals surface area contributed by atoms with Crippen LogP contribution in [0, 0.1) is 6.92 Å². The third-order valence-electron chi connectivity index (χ3n) is 4.65. The fourth-order valence-corrected chi connectivity index (χ4v) is 2.95. The maximum Gasteiger partial charge on any atom is 0.315 e. The van der Waals surface area contributed by atoms with Gasteiger partial charge in [0, 0.05) is 12.6 Å². The molecule has 0 aliphatic carbocycles. The molecular formula is C21H36N2O. The van der Waals surface area contributed by atoms with Gasteiger partial charge in [-0.25, -0.2) is 4.79 Å². The molecule has 0 atom stereocenters. The fourth-order valence-electron chi connectivity index (χ4n) is 2.95. The molecule has 0 saturated carbocycles. The number of urea groups is 1. The van der Waals surface area contributed by atoms with Crippen molar-refractivity contribution in [2.75, 3.05) is 6.54 Å². The average molecular weight is 333 g/mol. The van der Waals surface area contributed by atoms with Gasteiger partial charge in [-0.2, -0.15) is 0 Å². The van der Waals surface area contributed by atoms with E-state index in [-0.39, 0.29) is 6.03 Å². The van der Waals surface area contributed by atoms with E-state index in [9.17, 15) is 4.79 Å². The molecular weight excluding hydrogens is 296 g/mol. The van der Waals surface area contributed by atoms with E-state index >= 15 is 0 Å². The molecule has 0 heterocycles. The Balaban J connectivity index is 2.41. The zero-order chi connectivity index (χ0) is 17.8. The number of unbranched alkanes of at least 4 members (excludes halogenated alkanes) is 2. The summed E-state index contributed by atoms with van der Waals surface area (Å²) in [7, 11) is 0. The highest BCUT2D eigenvalue weighted by Crippen LogP contribution is 2.12. The average Bonchev–Trinajstić information content (AvgIpc) is 2.58. The zero-order valence-electron chi connectivity index (χ0n) is 16.1. The first-order valence-electron chi connectivity index (χ1n) is 9.73. The molecule has 0 spiro atoms. The predicted molar refractivity (Wildman–Crippen MR) is 104 cm³/mol. The van der Waals surface area contributed by atoms with E-state index in [2.05, 4.69) is 56.5 Å². The summed E-state index contributed by atoms with van der Waals surface area (Å²) in [6, 6.07) is 6.93. The molecule has 0 fully saturated rings. The molecule has 1 rings (SSSR count). The van der Waals surface area contributed by atoms with Gasteiger partial charge >= 0.3 is 6.03 Å². The molecule has 24 heavy (non-hydrogen) atoms. The number of hydrogen-bond donors (Lipinski definition) is 2. The molecule has 3 nitrogen and oxygen atoms in total. The summed E-state index contributed by atoms with van der Waals surface area (Å²) in [5, 5.41) is 6.19. The number of carbonyl (C=O) groups is 1. The minimum absolute atomic E-state index is 0.0171. The van der Waals surface area contributed by atoms with Gasteiger partial charge in [0.1, 0.15) is 0 Å². The number of carbonyl (C=O) groups excluding carboxylic acids is 1. The van der Waals surface area contributed by atoms with Crippen LogP contribution in [0.5, 0.6) is 0 Å². The number of rotatable bonds is 11. The lowest BCUT2D eigenvalue weighted by Gasteiger charge is -2.19. The second-order valence-electron chi connectivity index (χ2n) is 6.75. The number of benzene rings is 1. The van der Waals surface area contributed by atoms with E-state index in [4.69, 9.17) is 0 Å². The maximum atomic E-state index is 12.2. The molecule has 136 valence electrons. The Morgan fingerprint density at radius 2 is 1.75 bits per heavy atom. The summed E-state index contributed by atoms with van der Waals surface area (Å²) in [5.74, 6) is 0. The van der Waals surface area contributed by atoms with Crippen molar-refractivity contribution in [1.29, 1.82) is 0 Å². The minimum atomic E-state index is -0.0171. The quantitative estimate of drug-likeness (QED) is 0.578. The van der Waals surface area contributed by atoms with Crippen LogP contribution in [0.25, 0.3) is 0 Å². The normalized spacial score (nSPS) is 10.9. The summed E-state index contributed by atoms with van der Waals surface area (Å²) < 4.78 is 0. The van der Waals surface area contributed by atoms with Crippen LogP contribution in [-0.4, -0.2) is 18.6 Å². The molecule has 1 aromatic carbocycles. The van der Waals surface area contributed by atoms with Crippen LogP contribution in [0.2, 0.25) is 0 Å². The maximum absolute atomic E-state index is 12.2. The van der Waals surface area contributed by atoms with Gasteiger partial charge in [0.25, 0.3) is 0 Å². The first-order valence-corrected chi connectivity index (χ1v) is 9.73. The number of hydrogen-bond acceptors (Lipinski definition) is 1. The highest BCUT2D eigenvalue weighted by Gasteiger charge is 2.11. The van der Waals surface area contributed by atoms with Crippen LogP contribution in [0.4, 0.5) is 4.79 Å². The van der Waals surface area contributed by atoms with Crippen molar-refractivity contribution in [3.63, 3.8) is 0 Å². The Hall–Kier alpha value is -1.51. The zero-order valence-corrected chi connectivity index (χ0v) is 16.1. The summed E-state index contributed by atoms with van der Waals surface area (Å²) >= 11 is 0. The van der Waals surface area contributed by atoms with E-state index in [0.717, 1.165) is 25.7 Å². The Kier molecular flexibility index (Phi) is 10.2. The van der Waals surface area contributed by atoms with E-state index in [1.54, 1.807) is 0 Å². The molecule has 2 amide bonds. The highest BCUT2D eigenvalue weighted by molar-refractivity contribution is 5.74. The van der Waals surface area contributed by atoms with Crippen molar-refractivity contribution in [1.82, 2.24) is 10.6 Å². The molecule has 0 aromatic heterocycles. The van der Waals surface area contributed by atoms with Crippen molar-refractivity contribution in [2.45, 2.75) is 85.1 Å². The fraction of sp³-hybridized carbons (Fsp3) is 0.667. The van der Waals surface area contributed by atoms with E-state index in [1.807, 2.05) is 0 Å². The molecule has 3 heteroatoms. The number of amides is 2. The van der Waals surface area contributed by atoms with Gasteiger partial charge in [-0.05, 0) is 49.3 Å². The SMILES string of the molecule is CCCCC(CCCC)NC(=O)NCCc1cc(CC)ccc1C. The lowest BCUT2D eigenvalue weighted by Crippen LogP contribution is -2.42. The van der Waals surface area contributed by atoms with Gasteiger partial charge < -0.3 is 10.6 Å². The molecule has 0 bridgehead atoms. The first kappa shape index (κ1) is 20.5. The van der Waals surface area contributed by atoms with Crippen LogP contribution in [0.15, 0.2) is 18.2 Å². The topological polar surface area (TPSA) is 41.1 Å². The summed E-state index contributed by atoms with van der Waals surface area (Å²) in [6.45, 7) is 9.40. The van der Waals surface area contributed by atoms with Gasteiger partial charge in [-0.15, -0.1) is 0 Å². The van der Waals surface area contributed by atoms with Crippen LogP contribution in [-0.2, 0) is 12.8 Å². The van der Waals surface area contributed by atoms with Gasteiger partial charge in [-0.1, -0.05) is 64.7 Å². The summed E-state index contributed by atoms with van der Waals surface area (Å²) in [4.78, 5) is 12.2. The van der Waals surface area contributed by atoms with Crippen molar-refractivity contribution in [3.05, 3.63) is 34.9 Å². The van der Waals surface area contributed by atoms with Crippen LogP contribution >= 0.6 is 0 Å². The van der Waals surface area contributed by atoms with Crippen molar-refractivity contribution >= 4 is 6.03 Å². The Labute approximate surface area is 148 Å². The summed E-state index contributed by atoms with van der Waals surface area (Å²) in [5.41, 5.74) is 4.00. The monoisotopic (exact) mass is 332 g/mol. The molecule has 2 N–H and O–H groups in total. The Morgan fingerprint density at radius 3 is 2.33 bits per heavy atom. The Bertz CT molecular complexity index is 477. The van der Waals surface area contributed by atoms with E-state index in [1.165, 1.54) is 42.4 Å². The molecule has 0 unspecified atom stereocenters. The molecule has 1 aromatic rings. The van der Waals surface area contributed by atoms with E-state index < -0.39 is 0 Å². The van der Waals surface area contributed by atoms with Gasteiger partial charge in [-0.3, -0.25) is 0 Å². The summed E-state index contributed by atoms with van der Waals surface area (Å²) in [6.07, 6.45) is 8.83. The largest absolute Gasteiger partial charge is 0.338 e. The van der Waals surface area contributed by atoms with Crippen LogP contribution < -0.4 is 10.6 Å². The second-order valence-corrected chi connectivity index (χ2v) is 6.75. The molecule has 0 aliphatic heterocycles. The third-order valence-corrected chi connectivity index (χ3v) is 4.65. The lowest BCUT2D eigenvalue weighted by atomic mass is 10.0. The van der Waals surface area contributed by atoms with Crippen molar-refractivity contribution < 1.29 is 4.79 Å². The lowest BCUT2D eigenvalue weighted by molar-refractivity contribution is 0.235. The van der Waals surface area contributed by atoms with E-state index in [0.29, 0.717) is 12.6 Å². The van der Waals surface area contributed by atoms with Crippen LogP contribution in [0.1, 0.15) is 76.0 Å². The standard InChI is InChI=1S/C21H36N2O/c1-5-8-10-20(11-9-6-2)23-21(24)22-15-14-19-16-18(7-3)13-12-17(19)4/h12-13,16,20H,5-11,14-15H2,1-4H3,(H2,22,23,24). The second kappa shape index (κ2) is 11.9. The van der Waals surface area contributed by atoms with Gasteiger partial charge in [0.2, 0.25) is 0 Å². The predicted octanol–water partition coefficient (Wildman–Crippen LogP) is 5.15. The van der Waals surface area contributed by atoms with Crippen molar-refractivity contribution in [3.8, 4) is 0 Å².